The molecule has 1 aliphatic rings. The molecular weight excluding hydrogens is 408 g/mol. The van der Waals surface area contributed by atoms with Crippen molar-refractivity contribution in [2.75, 3.05) is 51.4 Å². The zero-order chi connectivity index (χ0) is 22.5. The summed E-state index contributed by atoms with van der Waals surface area (Å²) >= 11 is 0. The second kappa shape index (κ2) is 10.1. The number of aliphatic hydroxyl groups is 2. The van der Waals surface area contributed by atoms with Crippen molar-refractivity contribution in [1.29, 1.82) is 0 Å². The first-order valence-corrected chi connectivity index (χ1v) is 9.93. The molecule has 0 amide bonds. The SMILES string of the molecule is C=C(NOCCN(C)C[C@H]1O[C@@H](n2c(NC)nc3c(N)ncnc32)C(O)C1O)OCC. The van der Waals surface area contributed by atoms with Crippen LogP contribution in [0.1, 0.15) is 13.2 Å². The normalized spacial score (nSPS) is 23.4. The van der Waals surface area contributed by atoms with E-state index in [0.717, 1.165) is 0 Å². The van der Waals surface area contributed by atoms with Gasteiger partial charge in [0.05, 0.1) is 13.2 Å². The topological polar surface area (TPSA) is 165 Å². The van der Waals surface area contributed by atoms with E-state index in [-0.39, 0.29) is 5.82 Å². The van der Waals surface area contributed by atoms with Crippen LogP contribution in [0, 0.1) is 0 Å². The van der Waals surface area contributed by atoms with Gasteiger partial charge < -0.3 is 35.6 Å². The third-order valence-electron chi connectivity index (χ3n) is 4.89. The highest BCUT2D eigenvalue weighted by atomic mass is 16.7. The van der Waals surface area contributed by atoms with Gasteiger partial charge in [-0.2, -0.15) is 0 Å². The monoisotopic (exact) mass is 438 g/mol. The molecule has 0 saturated carbocycles. The fourth-order valence-corrected chi connectivity index (χ4v) is 3.37. The molecule has 2 aromatic heterocycles. The summed E-state index contributed by atoms with van der Waals surface area (Å²) in [4.78, 5) is 19.7. The molecule has 0 bridgehead atoms. The summed E-state index contributed by atoms with van der Waals surface area (Å²) in [5.74, 6) is 0.940. The maximum Gasteiger partial charge on any atom is 0.207 e. The molecule has 6 N–H and O–H groups in total. The lowest BCUT2D eigenvalue weighted by Gasteiger charge is -2.23. The fourth-order valence-electron chi connectivity index (χ4n) is 3.37. The number of hydrogen-bond donors (Lipinski definition) is 5. The van der Waals surface area contributed by atoms with Crippen molar-refractivity contribution in [3.8, 4) is 0 Å². The molecule has 0 radical (unpaired) electrons. The van der Waals surface area contributed by atoms with Gasteiger partial charge in [0.15, 0.2) is 23.2 Å². The zero-order valence-corrected chi connectivity index (χ0v) is 17.9. The predicted molar refractivity (Wildman–Crippen MR) is 113 cm³/mol. The van der Waals surface area contributed by atoms with Crippen molar-refractivity contribution in [2.24, 2.45) is 0 Å². The number of nitrogen functional groups attached to an aromatic ring is 1. The van der Waals surface area contributed by atoms with Gasteiger partial charge in [-0.15, -0.1) is 0 Å². The van der Waals surface area contributed by atoms with Crippen molar-refractivity contribution in [1.82, 2.24) is 29.9 Å². The second-order valence-corrected chi connectivity index (χ2v) is 7.10. The Morgan fingerprint density at radius 1 is 1.39 bits per heavy atom. The molecule has 3 heterocycles. The number of hydroxylamine groups is 1. The van der Waals surface area contributed by atoms with Gasteiger partial charge in [-0.1, -0.05) is 0 Å². The van der Waals surface area contributed by atoms with Crippen molar-refractivity contribution in [3.05, 3.63) is 18.8 Å². The molecule has 172 valence electrons. The zero-order valence-electron chi connectivity index (χ0n) is 17.9. The number of aliphatic hydroxyl groups excluding tert-OH is 2. The Hall–Kier alpha value is -2.71. The van der Waals surface area contributed by atoms with E-state index in [1.54, 1.807) is 11.6 Å². The van der Waals surface area contributed by atoms with Gasteiger partial charge in [0.2, 0.25) is 11.8 Å². The van der Waals surface area contributed by atoms with Crippen molar-refractivity contribution in [3.63, 3.8) is 0 Å². The van der Waals surface area contributed by atoms with Crippen LogP contribution in [0.5, 0.6) is 0 Å². The van der Waals surface area contributed by atoms with Crippen LogP contribution in [0.25, 0.3) is 11.2 Å². The molecule has 1 aliphatic heterocycles. The number of fused-ring (bicyclic) bond motifs is 1. The summed E-state index contributed by atoms with van der Waals surface area (Å²) in [5, 5.41) is 24.2. The van der Waals surface area contributed by atoms with Crippen molar-refractivity contribution >= 4 is 22.9 Å². The molecule has 0 spiro atoms. The van der Waals surface area contributed by atoms with Crippen molar-refractivity contribution in [2.45, 2.75) is 31.5 Å². The Kier molecular flexibility index (Phi) is 7.46. The highest BCUT2D eigenvalue weighted by Crippen LogP contribution is 2.35. The van der Waals surface area contributed by atoms with Crippen LogP contribution in [0.4, 0.5) is 11.8 Å². The highest BCUT2D eigenvalue weighted by Gasteiger charge is 2.45. The summed E-state index contributed by atoms with van der Waals surface area (Å²) in [7, 11) is 3.54. The second-order valence-electron chi connectivity index (χ2n) is 7.10. The summed E-state index contributed by atoms with van der Waals surface area (Å²) in [6, 6.07) is 0. The van der Waals surface area contributed by atoms with E-state index in [2.05, 4.69) is 32.3 Å². The van der Waals surface area contributed by atoms with E-state index in [1.807, 2.05) is 18.9 Å². The Morgan fingerprint density at radius 3 is 2.87 bits per heavy atom. The maximum absolute atomic E-state index is 10.7. The number of hydrogen-bond acceptors (Lipinski definition) is 12. The van der Waals surface area contributed by atoms with Gasteiger partial charge in [-0.3, -0.25) is 9.40 Å². The van der Waals surface area contributed by atoms with Gasteiger partial charge in [0.1, 0.15) is 24.6 Å². The standard InChI is InChI=1S/C18H30N8O5/c1-5-29-10(2)24-30-7-6-25(4)8-11-13(27)14(28)17(31-11)26-16-12(23-18(26)20-3)15(19)21-9-22-16/h9,11,13-14,17,24,27-28H,2,5-8H2,1,3-4H3,(H,20,23)(H2,19,21,22)/t11-,13?,14?,17-/m1/s1. The number of nitrogens with zero attached hydrogens (tertiary/aromatic N) is 5. The number of nitrogens with one attached hydrogen (secondary N) is 2. The van der Waals surface area contributed by atoms with Gasteiger partial charge >= 0.3 is 0 Å². The maximum atomic E-state index is 10.7. The fraction of sp³-hybridized carbons (Fsp3) is 0.611. The van der Waals surface area contributed by atoms with E-state index in [9.17, 15) is 10.2 Å². The first-order chi connectivity index (χ1) is 14.9. The molecule has 0 aromatic carbocycles. The minimum absolute atomic E-state index is 0.213. The molecular formula is C18H30N8O5. The first kappa shape index (κ1) is 23.0. The number of likely N-dealkylation sites (N-methyl/N-ethyl adjacent to an activating group) is 1. The largest absolute Gasteiger partial charge is 0.478 e. The Morgan fingerprint density at radius 2 is 2.16 bits per heavy atom. The van der Waals surface area contributed by atoms with Crippen LogP contribution < -0.4 is 16.5 Å². The number of nitrogens with two attached hydrogens (primary N) is 1. The van der Waals surface area contributed by atoms with Gasteiger partial charge in [0, 0.05) is 20.1 Å². The third-order valence-corrected chi connectivity index (χ3v) is 4.89. The summed E-state index contributed by atoms with van der Waals surface area (Å²) in [5.41, 5.74) is 9.29. The van der Waals surface area contributed by atoms with Crippen LogP contribution in [0.2, 0.25) is 0 Å². The summed E-state index contributed by atoms with van der Waals surface area (Å²) in [6.07, 6.45) is -2.52. The van der Waals surface area contributed by atoms with Crippen LogP contribution in [-0.2, 0) is 14.3 Å². The van der Waals surface area contributed by atoms with Crippen molar-refractivity contribution < 1.29 is 24.5 Å². The average molecular weight is 438 g/mol. The average Bonchev–Trinajstić information content (AvgIpc) is 3.25. The Bertz CT molecular complexity index is 893. The Labute approximate surface area is 179 Å². The minimum atomic E-state index is -1.19. The molecule has 2 unspecified atom stereocenters. The molecule has 1 fully saturated rings. The lowest BCUT2D eigenvalue weighted by atomic mass is 10.1. The molecule has 4 atom stereocenters. The van der Waals surface area contributed by atoms with E-state index in [0.29, 0.717) is 49.3 Å². The molecule has 2 aromatic rings. The lowest BCUT2D eigenvalue weighted by molar-refractivity contribution is -0.0452. The quantitative estimate of drug-likeness (QED) is 0.166. The first-order valence-electron chi connectivity index (χ1n) is 9.93. The summed E-state index contributed by atoms with van der Waals surface area (Å²) in [6.45, 7) is 7.26. The van der Waals surface area contributed by atoms with Gasteiger partial charge in [0.25, 0.3) is 0 Å². The van der Waals surface area contributed by atoms with Crippen LogP contribution in [-0.4, -0.2) is 93.3 Å². The number of imidazole rings is 1. The third kappa shape index (κ3) is 4.97. The number of aromatic nitrogens is 4. The molecule has 0 aliphatic carbocycles. The van der Waals surface area contributed by atoms with E-state index in [4.69, 9.17) is 20.0 Å². The molecule has 31 heavy (non-hydrogen) atoms. The van der Waals surface area contributed by atoms with Crippen LogP contribution >= 0.6 is 0 Å². The Balaban J connectivity index is 1.64. The van der Waals surface area contributed by atoms with E-state index >= 15 is 0 Å². The highest BCUT2D eigenvalue weighted by molar-refractivity contribution is 5.84. The number of anilines is 2. The lowest BCUT2D eigenvalue weighted by Crippen LogP contribution is -2.39. The van der Waals surface area contributed by atoms with Gasteiger partial charge in [-0.25, -0.2) is 20.4 Å². The van der Waals surface area contributed by atoms with Gasteiger partial charge in [-0.05, 0) is 20.6 Å². The van der Waals surface area contributed by atoms with E-state index < -0.39 is 24.5 Å². The molecule has 13 nitrogen and oxygen atoms in total. The number of rotatable bonds is 11. The molecule has 1 saturated heterocycles. The van der Waals surface area contributed by atoms with E-state index in [1.165, 1.54) is 6.33 Å². The molecule has 3 rings (SSSR count). The minimum Gasteiger partial charge on any atom is -0.478 e. The van der Waals surface area contributed by atoms with Crippen LogP contribution in [0.3, 0.4) is 0 Å². The smallest absolute Gasteiger partial charge is 0.207 e. The summed E-state index contributed by atoms with van der Waals surface area (Å²) < 4.78 is 12.7. The predicted octanol–water partition coefficient (Wildman–Crippen LogP) is -0.970. The van der Waals surface area contributed by atoms with Crippen LogP contribution in [0.15, 0.2) is 18.8 Å². The number of ether oxygens (including phenoxy) is 2. The molecule has 13 heteroatoms.